The van der Waals surface area contributed by atoms with Crippen molar-refractivity contribution in [1.29, 1.82) is 0 Å². The molecular weight excluding hydrogens is 312 g/mol. The van der Waals surface area contributed by atoms with Crippen molar-refractivity contribution in [3.05, 3.63) is 35.4 Å². The maximum absolute atomic E-state index is 13.6. The minimum absolute atomic E-state index is 0.448. The van der Waals surface area contributed by atoms with Gasteiger partial charge >= 0.3 is 6.09 Å². The number of amides is 1. The fourth-order valence-corrected chi connectivity index (χ4v) is 3.26. The molecule has 5 heteroatoms. The smallest absolute Gasteiger partial charge is 0.408 e. The molecule has 1 N–H and O–H groups in total. The Morgan fingerprint density at radius 3 is 2.29 bits per heavy atom. The van der Waals surface area contributed by atoms with E-state index in [0.717, 1.165) is 18.9 Å². The van der Waals surface area contributed by atoms with Gasteiger partial charge in [-0.2, -0.15) is 0 Å². The Labute approximate surface area is 142 Å². The van der Waals surface area contributed by atoms with Crippen LogP contribution in [0.3, 0.4) is 0 Å². The summed E-state index contributed by atoms with van der Waals surface area (Å²) in [7, 11) is 0. The van der Waals surface area contributed by atoms with Gasteiger partial charge in [0.05, 0.1) is 6.04 Å². The van der Waals surface area contributed by atoms with Crippen molar-refractivity contribution in [2.75, 3.05) is 0 Å². The fraction of sp³-hybridized carbons (Fsp3) is 0.632. The van der Waals surface area contributed by atoms with Gasteiger partial charge in [0.25, 0.3) is 0 Å². The number of rotatable bonds is 4. The van der Waals surface area contributed by atoms with Crippen LogP contribution >= 0.6 is 0 Å². The first-order chi connectivity index (χ1) is 11.2. The first-order valence-electron chi connectivity index (χ1n) is 8.68. The molecule has 24 heavy (non-hydrogen) atoms. The van der Waals surface area contributed by atoms with Gasteiger partial charge in [-0.05, 0) is 50.8 Å². The summed E-state index contributed by atoms with van der Waals surface area (Å²) in [6, 6.07) is 2.96. The van der Waals surface area contributed by atoms with Gasteiger partial charge in [-0.15, -0.1) is 0 Å². The minimum Gasteiger partial charge on any atom is -0.444 e. The molecule has 0 aliphatic heterocycles. The summed E-state index contributed by atoms with van der Waals surface area (Å²) in [4.78, 5) is 12.1. The molecule has 1 aromatic rings. The maximum atomic E-state index is 13.6. The van der Waals surface area contributed by atoms with Crippen molar-refractivity contribution in [3.8, 4) is 0 Å². The Kier molecular flexibility index (Phi) is 6.19. The molecular formula is C19H27F2NO2. The van der Waals surface area contributed by atoms with Crippen LogP contribution in [-0.2, 0) is 4.74 Å². The molecule has 1 fully saturated rings. The van der Waals surface area contributed by atoms with Crippen molar-refractivity contribution in [2.45, 2.75) is 70.9 Å². The number of benzene rings is 1. The lowest BCUT2D eigenvalue weighted by Gasteiger charge is -2.28. The second-order valence-electron chi connectivity index (χ2n) is 7.64. The van der Waals surface area contributed by atoms with Gasteiger partial charge in [-0.3, -0.25) is 0 Å². The number of carbonyl (C=O) groups excluding carboxylic acids is 1. The molecule has 1 aliphatic rings. The highest BCUT2D eigenvalue weighted by molar-refractivity contribution is 5.68. The topological polar surface area (TPSA) is 38.3 Å². The third-order valence-electron chi connectivity index (χ3n) is 4.27. The Balaban J connectivity index is 2.15. The molecule has 1 saturated carbocycles. The summed E-state index contributed by atoms with van der Waals surface area (Å²) < 4.78 is 32.5. The molecule has 0 radical (unpaired) electrons. The Morgan fingerprint density at radius 1 is 1.17 bits per heavy atom. The van der Waals surface area contributed by atoms with Gasteiger partial charge in [0, 0.05) is 6.07 Å². The Morgan fingerprint density at radius 2 is 1.75 bits per heavy atom. The van der Waals surface area contributed by atoms with Crippen LogP contribution in [-0.4, -0.2) is 11.7 Å². The highest BCUT2D eigenvalue weighted by Crippen LogP contribution is 2.32. The van der Waals surface area contributed by atoms with E-state index in [1.807, 2.05) is 0 Å². The molecule has 1 unspecified atom stereocenters. The van der Waals surface area contributed by atoms with Gasteiger partial charge in [0.15, 0.2) is 0 Å². The second kappa shape index (κ2) is 7.95. The minimum atomic E-state index is -0.635. The SMILES string of the molecule is CC(C)(C)OC(=O)NC(CC1CCCCC1)c1cc(F)cc(F)c1. The molecule has 0 saturated heterocycles. The van der Waals surface area contributed by atoms with Crippen LogP contribution in [0.1, 0.15) is 70.9 Å². The highest BCUT2D eigenvalue weighted by atomic mass is 19.1. The molecule has 0 heterocycles. The lowest BCUT2D eigenvalue weighted by atomic mass is 9.83. The third kappa shape index (κ3) is 6.10. The van der Waals surface area contributed by atoms with Crippen molar-refractivity contribution in [3.63, 3.8) is 0 Å². The van der Waals surface area contributed by atoms with E-state index < -0.39 is 29.4 Å². The molecule has 1 amide bonds. The number of nitrogens with one attached hydrogen (secondary N) is 1. The number of ether oxygens (including phenoxy) is 1. The Bertz CT molecular complexity index is 543. The van der Waals surface area contributed by atoms with Gasteiger partial charge in [-0.25, -0.2) is 13.6 Å². The van der Waals surface area contributed by atoms with Crippen molar-refractivity contribution < 1.29 is 18.3 Å². The van der Waals surface area contributed by atoms with Gasteiger partial charge < -0.3 is 10.1 Å². The Hall–Kier alpha value is -1.65. The molecule has 2 rings (SSSR count). The monoisotopic (exact) mass is 339 g/mol. The molecule has 0 spiro atoms. The van der Waals surface area contributed by atoms with E-state index in [4.69, 9.17) is 4.74 Å². The first-order valence-corrected chi connectivity index (χ1v) is 8.68. The summed E-state index contributed by atoms with van der Waals surface area (Å²) in [5.41, 5.74) is -0.170. The summed E-state index contributed by atoms with van der Waals surface area (Å²) in [5, 5.41) is 2.80. The lowest BCUT2D eigenvalue weighted by molar-refractivity contribution is 0.0494. The highest BCUT2D eigenvalue weighted by Gasteiger charge is 2.25. The predicted molar refractivity (Wildman–Crippen MR) is 89.7 cm³/mol. The third-order valence-corrected chi connectivity index (χ3v) is 4.27. The first kappa shape index (κ1) is 18.7. The zero-order chi connectivity index (χ0) is 17.7. The number of alkyl carbamates (subject to hydrolysis) is 1. The van der Waals surface area contributed by atoms with E-state index in [0.29, 0.717) is 17.9 Å². The summed E-state index contributed by atoms with van der Waals surface area (Å²) in [6.45, 7) is 5.35. The van der Waals surface area contributed by atoms with Crippen LogP contribution in [0.4, 0.5) is 13.6 Å². The predicted octanol–water partition coefficient (Wildman–Crippen LogP) is 5.50. The summed E-state index contributed by atoms with van der Waals surface area (Å²) in [5.74, 6) is -0.820. The van der Waals surface area contributed by atoms with Crippen LogP contribution in [0.5, 0.6) is 0 Å². The fourth-order valence-electron chi connectivity index (χ4n) is 3.26. The molecule has 1 aliphatic carbocycles. The van der Waals surface area contributed by atoms with E-state index in [1.54, 1.807) is 20.8 Å². The van der Waals surface area contributed by atoms with Gasteiger partial charge in [0.2, 0.25) is 0 Å². The molecule has 134 valence electrons. The van der Waals surface area contributed by atoms with Gasteiger partial charge in [0.1, 0.15) is 17.2 Å². The summed E-state index contributed by atoms with van der Waals surface area (Å²) >= 11 is 0. The molecule has 1 atom stereocenters. The normalized spacial score (nSPS) is 17.4. The van der Waals surface area contributed by atoms with Crippen molar-refractivity contribution in [1.82, 2.24) is 5.32 Å². The largest absolute Gasteiger partial charge is 0.444 e. The maximum Gasteiger partial charge on any atom is 0.408 e. The van der Waals surface area contributed by atoms with Crippen molar-refractivity contribution >= 4 is 6.09 Å². The van der Waals surface area contributed by atoms with E-state index in [1.165, 1.54) is 31.4 Å². The lowest BCUT2D eigenvalue weighted by Crippen LogP contribution is -2.36. The second-order valence-corrected chi connectivity index (χ2v) is 7.64. The molecule has 0 bridgehead atoms. The van der Waals surface area contributed by atoms with Crippen LogP contribution in [0.25, 0.3) is 0 Å². The van der Waals surface area contributed by atoms with Gasteiger partial charge in [-0.1, -0.05) is 32.1 Å². The number of carbonyl (C=O) groups is 1. The number of hydrogen-bond acceptors (Lipinski definition) is 2. The number of halogens is 2. The summed E-state index contributed by atoms with van der Waals surface area (Å²) in [6.07, 6.45) is 5.85. The van der Waals surface area contributed by atoms with E-state index in [2.05, 4.69) is 5.32 Å². The van der Waals surface area contributed by atoms with Crippen LogP contribution in [0.15, 0.2) is 18.2 Å². The van der Waals surface area contributed by atoms with Crippen molar-refractivity contribution in [2.24, 2.45) is 5.92 Å². The number of hydrogen-bond donors (Lipinski definition) is 1. The standard InChI is InChI=1S/C19H27F2NO2/c1-19(2,3)24-18(23)22-17(9-13-7-5-4-6-8-13)14-10-15(20)12-16(21)11-14/h10-13,17H,4-9H2,1-3H3,(H,22,23). The average molecular weight is 339 g/mol. The van der Waals surface area contributed by atoms with Crippen LogP contribution < -0.4 is 5.32 Å². The van der Waals surface area contributed by atoms with Crippen LogP contribution in [0, 0.1) is 17.6 Å². The van der Waals surface area contributed by atoms with E-state index >= 15 is 0 Å². The molecule has 1 aromatic carbocycles. The zero-order valence-corrected chi connectivity index (χ0v) is 14.7. The molecule has 0 aromatic heterocycles. The van der Waals surface area contributed by atoms with E-state index in [-0.39, 0.29) is 0 Å². The molecule has 3 nitrogen and oxygen atoms in total. The van der Waals surface area contributed by atoms with Crippen LogP contribution in [0.2, 0.25) is 0 Å². The quantitative estimate of drug-likeness (QED) is 0.786. The zero-order valence-electron chi connectivity index (χ0n) is 14.7. The average Bonchev–Trinajstić information content (AvgIpc) is 2.44. The van der Waals surface area contributed by atoms with E-state index in [9.17, 15) is 13.6 Å².